The molecule has 1 saturated heterocycles. The molecule has 0 bridgehead atoms. The average molecular weight is 289 g/mol. The highest BCUT2D eigenvalue weighted by atomic mass is 16.5. The van der Waals surface area contributed by atoms with E-state index in [-0.39, 0.29) is 5.97 Å². The topological polar surface area (TPSA) is 68.5 Å². The average Bonchev–Trinajstić information content (AvgIpc) is 3.16. The first-order valence-corrected chi connectivity index (χ1v) is 7.81. The fourth-order valence-electron chi connectivity index (χ4n) is 3.85. The predicted molar refractivity (Wildman–Crippen MR) is 82.3 cm³/mol. The second kappa shape index (κ2) is 5.92. The Hall–Kier alpha value is -1.78. The number of carbonyl (C=O) groups is 1. The van der Waals surface area contributed by atoms with Crippen molar-refractivity contribution in [1.29, 1.82) is 0 Å². The first kappa shape index (κ1) is 14.2. The Labute approximate surface area is 125 Å². The van der Waals surface area contributed by atoms with Crippen LogP contribution in [0.4, 0.5) is 11.5 Å². The van der Waals surface area contributed by atoms with Crippen molar-refractivity contribution in [3.8, 4) is 0 Å². The molecule has 3 rings (SSSR count). The summed E-state index contributed by atoms with van der Waals surface area (Å²) in [5.74, 6) is 1.12. The molecule has 0 amide bonds. The molecule has 2 N–H and O–H groups in total. The van der Waals surface area contributed by atoms with E-state index < -0.39 is 0 Å². The van der Waals surface area contributed by atoms with Crippen molar-refractivity contribution in [3.63, 3.8) is 0 Å². The summed E-state index contributed by atoms with van der Waals surface area (Å²) in [6.45, 7) is 0.960. The van der Waals surface area contributed by atoms with E-state index in [1.165, 1.54) is 39.2 Å². The zero-order chi connectivity index (χ0) is 14.8. The van der Waals surface area contributed by atoms with E-state index in [0.717, 1.165) is 24.7 Å². The van der Waals surface area contributed by atoms with Crippen LogP contribution in [0, 0.1) is 5.92 Å². The maximum Gasteiger partial charge on any atom is 0.341 e. The van der Waals surface area contributed by atoms with Crippen LogP contribution in [-0.4, -0.2) is 30.6 Å². The predicted octanol–water partition coefficient (Wildman–Crippen LogP) is 2.61. The van der Waals surface area contributed by atoms with Crippen LogP contribution < -0.4 is 10.6 Å². The Balaban J connectivity index is 1.93. The maximum absolute atomic E-state index is 12.0. The van der Waals surface area contributed by atoms with E-state index >= 15 is 0 Å². The minimum Gasteiger partial charge on any atom is -0.465 e. The number of hydrogen-bond donors (Lipinski definition) is 1. The van der Waals surface area contributed by atoms with Crippen LogP contribution in [-0.2, 0) is 4.74 Å². The van der Waals surface area contributed by atoms with Gasteiger partial charge in [0.2, 0.25) is 0 Å². The molecule has 1 aliphatic carbocycles. The number of carbonyl (C=O) groups excluding carboxylic acids is 1. The number of nitrogens with zero attached hydrogens (tertiary/aromatic N) is 2. The molecule has 5 nitrogen and oxygen atoms in total. The molecular weight excluding hydrogens is 266 g/mol. The van der Waals surface area contributed by atoms with Crippen molar-refractivity contribution in [2.45, 2.75) is 44.6 Å². The molecule has 1 saturated carbocycles. The van der Waals surface area contributed by atoms with Crippen molar-refractivity contribution in [2.24, 2.45) is 5.92 Å². The summed E-state index contributed by atoms with van der Waals surface area (Å²) >= 11 is 0. The van der Waals surface area contributed by atoms with E-state index in [1.54, 1.807) is 12.3 Å². The van der Waals surface area contributed by atoms with Gasteiger partial charge in [0, 0.05) is 12.6 Å². The monoisotopic (exact) mass is 289 g/mol. The SMILES string of the molecule is COC(=O)c1cc(N)cnc1N1CCCC1C1CCCC1. The molecule has 0 spiro atoms. The van der Waals surface area contributed by atoms with Crippen molar-refractivity contribution in [2.75, 3.05) is 24.3 Å². The zero-order valence-corrected chi connectivity index (χ0v) is 12.5. The van der Waals surface area contributed by atoms with Gasteiger partial charge in [-0.15, -0.1) is 0 Å². The number of methoxy groups -OCH3 is 1. The second-order valence-corrected chi connectivity index (χ2v) is 6.08. The van der Waals surface area contributed by atoms with Gasteiger partial charge in [0.25, 0.3) is 0 Å². The van der Waals surface area contributed by atoms with Crippen molar-refractivity contribution >= 4 is 17.5 Å². The van der Waals surface area contributed by atoms with Gasteiger partial charge in [-0.3, -0.25) is 0 Å². The van der Waals surface area contributed by atoms with E-state index in [9.17, 15) is 4.79 Å². The van der Waals surface area contributed by atoms with Gasteiger partial charge in [-0.2, -0.15) is 0 Å². The Morgan fingerprint density at radius 2 is 2.10 bits per heavy atom. The lowest BCUT2D eigenvalue weighted by atomic mass is 9.96. The summed E-state index contributed by atoms with van der Waals surface area (Å²) in [5.41, 5.74) is 6.77. The van der Waals surface area contributed by atoms with Crippen LogP contribution in [0.25, 0.3) is 0 Å². The highest BCUT2D eigenvalue weighted by Crippen LogP contribution is 2.38. The zero-order valence-electron chi connectivity index (χ0n) is 12.5. The molecule has 0 radical (unpaired) electrons. The van der Waals surface area contributed by atoms with Gasteiger partial charge in [-0.1, -0.05) is 12.8 Å². The van der Waals surface area contributed by atoms with Crippen LogP contribution >= 0.6 is 0 Å². The molecule has 1 atom stereocenters. The standard InChI is InChI=1S/C16H23N3O2/c1-21-16(20)13-9-12(17)10-18-15(13)19-8-4-7-14(19)11-5-2-3-6-11/h9-11,14H,2-8,17H2,1H3. The van der Waals surface area contributed by atoms with Gasteiger partial charge in [0.15, 0.2) is 0 Å². The second-order valence-electron chi connectivity index (χ2n) is 6.08. The molecule has 21 heavy (non-hydrogen) atoms. The van der Waals surface area contributed by atoms with Crippen LogP contribution in [0.3, 0.4) is 0 Å². The van der Waals surface area contributed by atoms with Gasteiger partial charge in [-0.05, 0) is 37.7 Å². The van der Waals surface area contributed by atoms with Crippen molar-refractivity contribution in [1.82, 2.24) is 4.98 Å². The smallest absolute Gasteiger partial charge is 0.341 e. The molecule has 2 heterocycles. The maximum atomic E-state index is 12.0. The Bertz CT molecular complexity index is 526. The number of pyridine rings is 1. The van der Waals surface area contributed by atoms with Crippen molar-refractivity contribution < 1.29 is 9.53 Å². The summed E-state index contributed by atoms with van der Waals surface area (Å²) in [4.78, 5) is 18.8. The number of hydrogen-bond acceptors (Lipinski definition) is 5. The lowest BCUT2D eigenvalue weighted by molar-refractivity contribution is 0.0601. The number of aromatic nitrogens is 1. The van der Waals surface area contributed by atoms with Crippen LogP contribution in [0.15, 0.2) is 12.3 Å². The summed E-state index contributed by atoms with van der Waals surface area (Å²) in [5, 5.41) is 0. The van der Waals surface area contributed by atoms with E-state index in [2.05, 4.69) is 9.88 Å². The molecule has 5 heteroatoms. The minimum absolute atomic E-state index is 0.359. The van der Waals surface area contributed by atoms with E-state index in [0.29, 0.717) is 17.3 Å². The molecule has 0 aromatic carbocycles. The van der Waals surface area contributed by atoms with Gasteiger partial charge in [0.05, 0.1) is 19.0 Å². The van der Waals surface area contributed by atoms with Gasteiger partial charge < -0.3 is 15.4 Å². The lowest BCUT2D eigenvalue weighted by Crippen LogP contribution is -2.36. The largest absolute Gasteiger partial charge is 0.465 e. The third-order valence-electron chi connectivity index (χ3n) is 4.81. The first-order chi connectivity index (χ1) is 10.2. The summed E-state index contributed by atoms with van der Waals surface area (Å²) < 4.78 is 4.89. The highest BCUT2D eigenvalue weighted by Gasteiger charge is 2.35. The summed E-state index contributed by atoms with van der Waals surface area (Å²) in [6, 6.07) is 2.19. The molecule has 1 unspecified atom stereocenters. The van der Waals surface area contributed by atoms with E-state index in [1.807, 2.05) is 0 Å². The van der Waals surface area contributed by atoms with Crippen LogP contribution in [0.1, 0.15) is 48.9 Å². The van der Waals surface area contributed by atoms with Crippen molar-refractivity contribution in [3.05, 3.63) is 17.8 Å². The van der Waals surface area contributed by atoms with Gasteiger partial charge in [-0.25, -0.2) is 9.78 Å². The number of esters is 1. The molecule has 1 aromatic rings. The first-order valence-electron chi connectivity index (χ1n) is 7.81. The fraction of sp³-hybridized carbons (Fsp3) is 0.625. The molecule has 114 valence electrons. The van der Waals surface area contributed by atoms with E-state index in [4.69, 9.17) is 10.5 Å². The normalized spacial score (nSPS) is 22.7. The Morgan fingerprint density at radius 1 is 1.33 bits per heavy atom. The molecule has 1 aromatic heterocycles. The minimum atomic E-state index is -0.359. The fourth-order valence-corrected chi connectivity index (χ4v) is 3.85. The van der Waals surface area contributed by atoms with Crippen LogP contribution in [0.2, 0.25) is 0 Å². The van der Waals surface area contributed by atoms with Gasteiger partial charge >= 0.3 is 5.97 Å². The molecule has 1 aliphatic heterocycles. The number of rotatable bonds is 3. The third-order valence-corrected chi connectivity index (χ3v) is 4.81. The molecule has 2 aliphatic rings. The summed E-state index contributed by atoms with van der Waals surface area (Å²) in [6.07, 6.45) is 9.23. The number of anilines is 2. The quantitative estimate of drug-likeness (QED) is 0.866. The summed E-state index contributed by atoms with van der Waals surface area (Å²) in [7, 11) is 1.40. The highest BCUT2D eigenvalue weighted by molar-refractivity contribution is 5.95. The third kappa shape index (κ3) is 2.69. The number of nitrogen functional groups attached to an aromatic ring is 1. The Kier molecular flexibility index (Phi) is 3.99. The van der Waals surface area contributed by atoms with Crippen LogP contribution in [0.5, 0.6) is 0 Å². The van der Waals surface area contributed by atoms with Gasteiger partial charge in [0.1, 0.15) is 11.4 Å². The lowest BCUT2D eigenvalue weighted by Gasteiger charge is -2.31. The molecular formula is C16H23N3O2. The number of nitrogens with two attached hydrogens (primary N) is 1. The number of ether oxygens (including phenoxy) is 1. The molecule has 2 fully saturated rings. The Morgan fingerprint density at radius 3 is 2.81 bits per heavy atom.